The van der Waals surface area contributed by atoms with Gasteiger partial charge in [-0.15, -0.1) is 4.47 Å². The molecule has 0 saturated carbocycles. The van der Waals surface area contributed by atoms with Crippen LogP contribution in [0.3, 0.4) is 0 Å². The van der Waals surface area contributed by atoms with Gasteiger partial charge in [0.25, 0.3) is 0 Å². The Morgan fingerprint density at radius 3 is 2.17 bits per heavy atom. The molecule has 4 nitrogen and oxygen atoms in total. The maximum atomic E-state index is 11.0. The second-order valence-electron chi connectivity index (χ2n) is 4.82. The highest BCUT2D eigenvalue weighted by Gasteiger charge is 2.27. The van der Waals surface area contributed by atoms with Crippen LogP contribution in [0.1, 0.15) is 54.4 Å². The van der Waals surface area contributed by atoms with Gasteiger partial charge in [0.1, 0.15) is 6.10 Å². The molecule has 0 aromatic carbocycles. The van der Waals surface area contributed by atoms with E-state index < -0.39 is 0 Å². The van der Waals surface area contributed by atoms with Crippen molar-refractivity contribution < 1.29 is 14.7 Å². The monoisotopic (exact) mass is 279 g/mol. The largest absolute Gasteiger partial charge is 0.461 e. The standard InChI is InChI=1S/C7H13NO3S.C4H10.C2H6/c1-5-2-3-6(4-8(10)12)11-7(5)9;1-4(2)3;1-2/h5-6,10,12H,2-4H2,1H3;4H,1-3H3;1-2H3. The second-order valence-corrected chi connectivity index (χ2v) is 5.29. The Hall–Kier alpha value is -0.260. The first kappa shape index (κ1) is 20.1. The molecular weight excluding hydrogens is 250 g/mol. The Morgan fingerprint density at radius 2 is 1.83 bits per heavy atom. The van der Waals surface area contributed by atoms with Crippen molar-refractivity contribution in [3.63, 3.8) is 0 Å². The third kappa shape index (κ3) is 12.2. The summed E-state index contributed by atoms with van der Waals surface area (Å²) in [6.45, 7) is 12.6. The van der Waals surface area contributed by atoms with Crippen molar-refractivity contribution in [2.75, 3.05) is 6.54 Å². The van der Waals surface area contributed by atoms with E-state index >= 15 is 0 Å². The fraction of sp³-hybridized carbons (Fsp3) is 0.923. The summed E-state index contributed by atoms with van der Waals surface area (Å²) >= 11 is 3.66. The summed E-state index contributed by atoms with van der Waals surface area (Å²) in [5.74, 6) is 0.648. The molecule has 2 atom stereocenters. The van der Waals surface area contributed by atoms with E-state index in [-0.39, 0.29) is 24.5 Å². The van der Waals surface area contributed by atoms with Crippen LogP contribution in [0, 0.1) is 11.8 Å². The molecule has 0 radical (unpaired) electrons. The fourth-order valence-corrected chi connectivity index (χ4v) is 1.39. The van der Waals surface area contributed by atoms with Crippen LogP contribution in [0.5, 0.6) is 0 Å². The van der Waals surface area contributed by atoms with Gasteiger partial charge in [0, 0.05) is 0 Å². The van der Waals surface area contributed by atoms with Crippen molar-refractivity contribution >= 4 is 18.8 Å². The molecule has 18 heavy (non-hydrogen) atoms. The highest BCUT2D eigenvalue weighted by atomic mass is 32.1. The quantitative estimate of drug-likeness (QED) is 0.461. The van der Waals surface area contributed by atoms with Gasteiger partial charge >= 0.3 is 5.97 Å². The zero-order valence-corrected chi connectivity index (χ0v) is 13.4. The SMILES string of the molecule is CC.CC(C)C.CC1CCC(CN(O)S)OC1=O. The molecule has 0 aromatic heterocycles. The van der Waals surface area contributed by atoms with Crippen molar-refractivity contribution in [3.8, 4) is 0 Å². The summed E-state index contributed by atoms with van der Waals surface area (Å²) in [4.78, 5) is 11.0. The minimum Gasteiger partial charge on any atom is -0.461 e. The van der Waals surface area contributed by atoms with Gasteiger partial charge in [-0.25, -0.2) is 0 Å². The van der Waals surface area contributed by atoms with E-state index in [0.29, 0.717) is 0 Å². The van der Waals surface area contributed by atoms with E-state index in [9.17, 15) is 4.79 Å². The average molecular weight is 279 g/mol. The Morgan fingerprint density at radius 1 is 1.39 bits per heavy atom. The molecule has 1 rings (SSSR count). The van der Waals surface area contributed by atoms with Crippen molar-refractivity contribution in [1.82, 2.24) is 4.47 Å². The van der Waals surface area contributed by atoms with E-state index in [2.05, 4.69) is 33.6 Å². The topological polar surface area (TPSA) is 49.8 Å². The number of carbonyl (C=O) groups excluding carboxylic acids is 1. The molecule has 1 saturated heterocycles. The molecule has 0 amide bonds. The van der Waals surface area contributed by atoms with Gasteiger partial charge in [-0.1, -0.05) is 54.4 Å². The van der Waals surface area contributed by atoms with Crippen LogP contribution >= 0.6 is 12.8 Å². The molecule has 0 aromatic rings. The molecule has 0 spiro atoms. The number of hydroxylamine groups is 1. The Bertz CT molecular complexity index is 208. The molecule has 1 heterocycles. The lowest BCUT2D eigenvalue weighted by atomic mass is 10.00. The number of esters is 1. The Kier molecular flexibility index (Phi) is 13.2. The predicted molar refractivity (Wildman–Crippen MR) is 77.6 cm³/mol. The molecular formula is C13H29NO3S. The maximum Gasteiger partial charge on any atom is 0.308 e. The van der Waals surface area contributed by atoms with Gasteiger partial charge in [-0.05, 0) is 18.8 Å². The molecule has 2 unspecified atom stereocenters. The van der Waals surface area contributed by atoms with Gasteiger partial charge in [-0.3, -0.25) is 4.79 Å². The van der Waals surface area contributed by atoms with Gasteiger partial charge in [0.05, 0.1) is 12.5 Å². The summed E-state index contributed by atoms with van der Waals surface area (Å²) in [6, 6.07) is 0. The lowest BCUT2D eigenvalue weighted by Crippen LogP contribution is -2.35. The summed E-state index contributed by atoms with van der Waals surface area (Å²) in [7, 11) is 0. The van der Waals surface area contributed by atoms with E-state index in [1.807, 2.05) is 20.8 Å². The number of cyclic esters (lactones) is 1. The van der Waals surface area contributed by atoms with E-state index in [1.54, 1.807) is 0 Å². The van der Waals surface area contributed by atoms with Crippen LogP contribution < -0.4 is 0 Å². The highest BCUT2D eigenvalue weighted by Crippen LogP contribution is 2.20. The van der Waals surface area contributed by atoms with Crippen molar-refractivity contribution in [3.05, 3.63) is 0 Å². The minimum absolute atomic E-state index is 0.00619. The lowest BCUT2D eigenvalue weighted by Gasteiger charge is -2.26. The predicted octanol–water partition coefficient (Wildman–Crippen LogP) is 3.55. The molecule has 0 aliphatic carbocycles. The first-order valence-electron chi connectivity index (χ1n) is 6.68. The fourth-order valence-electron chi connectivity index (χ4n) is 1.20. The van der Waals surface area contributed by atoms with Crippen LogP contribution in [0.25, 0.3) is 0 Å². The van der Waals surface area contributed by atoms with Crippen molar-refractivity contribution in [2.24, 2.45) is 11.8 Å². The lowest BCUT2D eigenvalue weighted by molar-refractivity contribution is -0.162. The summed E-state index contributed by atoms with van der Waals surface area (Å²) < 4.78 is 5.76. The highest BCUT2D eigenvalue weighted by molar-refractivity contribution is 7.77. The van der Waals surface area contributed by atoms with Crippen LogP contribution in [0.2, 0.25) is 0 Å². The van der Waals surface area contributed by atoms with Crippen LogP contribution in [-0.2, 0) is 9.53 Å². The van der Waals surface area contributed by atoms with Crippen LogP contribution in [0.15, 0.2) is 0 Å². The van der Waals surface area contributed by atoms with Crippen LogP contribution in [-0.4, -0.2) is 28.3 Å². The van der Waals surface area contributed by atoms with Gasteiger partial charge in [0.15, 0.2) is 0 Å². The third-order valence-corrected chi connectivity index (χ3v) is 2.14. The first-order valence-corrected chi connectivity index (χ1v) is 7.08. The Labute approximate surface area is 117 Å². The number of rotatable bonds is 2. The number of nitrogens with zero attached hydrogens (tertiary/aromatic N) is 1. The molecule has 0 bridgehead atoms. The summed E-state index contributed by atoms with van der Waals surface area (Å²) in [5.41, 5.74) is 0. The molecule has 5 heteroatoms. The van der Waals surface area contributed by atoms with Gasteiger partial charge in [0.2, 0.25) is 0 Å². The number of hydrogen-bond donors (Lipinski definition) is 2. The zero-order valence-electron chi connectivity index (χ0n) is 12.5. The Balaban J connectivity index is 0. The molecule has 1 N–H and O–H groups in total. The maximum absolute atomic E-state index is 11.0. The average Bonchev–Trinajstić information content (AvgIpc) is 2.25. The van der Waals surface area contributed by atoms with Crippen molar-refractivity contribution in [1.29, 1.82) is 0 Å². The van der Waals surface area contributed by atoms with Crippen molar-refractivity contribution in [2.45, 2.75) is 60.5 Å². The first-order chi connectivity index (χ1) is 8.32. The number of hydrogen-bond acceptors (Lipinski definition) is 5. The molecule has 1 aliphatic rings. The number of ether oxygens (including phenoxy) is 1. The summed E-state index contributed by atoms with van der Waals surface area (Å²) in [6.07, 6.45) is 1.41. The molecule has 1 fully saturated rings. The minimum atomic E-state index is -0.212. The number of thiol groups is 1. The van der Waals surface area contributed by atoms with E-state index in [0.717, 1.165) is 23.2 Å². The van der Waals surface area contributed by atoms with E-state index in [4.69, 9.17) is 9.94 Å². The van der Waals surface area contributed by atoms with Gasteiger partial charge < -0.3 is 9.94 Å². The van der Waals surface area contributed by atoms with Crippen LogP contribution in [0.4, 0.5) is 0 Å². The number of carbonyl (C=O) groups is 1. The van der Waals surface area contributed by atoms with E-state index in [1.165, 1.54) is 0 Å². The zero-order chi connectivity index (χ0) is 14.7. The molecule has 1 aliphatic heterocycles. The normalized spacial score (nSPS) is 22.7. The second kappa shape index (κ2) is 11.8. The third-order valence-electron chi connectivity index (χ3n) is 1.97. The summed E-state index contributed by atoms with van der Waals surface area (Å²) in [5, 5.41) is 8.76. The molecule has 110 valence electrons. The smallest absolute Gasteiger partial charge is 0.308 e. The van der Waals surface area contributed by atoms with Gasteiger partial charge in [-0.2, -0.15) is 0 Å².